The highest BCUT2D eigenvalue weighted by Crippen LogP contribution is 2.30. The van der Waals surface area contributed by atoms with Gasteiger partial charge in [-0.05, 0) is 17.7 Å². The second kappa shape index (κ2) is 8.69. The van der Waals surface area contributed by atoms with Crippen molar-refractivity contribution in [3.05, 3.63) is 64.1 Å². The van der Waals surface area contributed by atoms with Crippen LogP contribution in [0.5, 0.6) is 0 Å². The van der Waals surface area contributed by atoms with E-state index in [0.29, 0.717) is 19.8 Å². The third-order valence-electron chi connectivity index (χ3n) is 4.23. The standard InChI is InChI=1S/C18H20Cl2N2O3S/c19-15-7-4-8-16(20)18(15)26(23,24)21-17(14-5-2-1-3-6-14)13-22-9-11-25-12-10-22/h1-8,17,21H,9-13H2/t17-/m1/s1. The molecule has 1 fully saturated rings. The lowest BCUT2D eigenvalue weighted by Gasteiger charge is -2.31. The van der Waals surface area contributed by atoms with E-state index in [-0.39, 0.29) is 14.9 Å². The van der Waals surface area contributed by atoms with Gasteiger partial charge < -0.3 is 4.74 Å². The van der Waals surface area contributed by atoms with Gasteiger partial charge in [0.05, 0.1) is 29.3 Å². The van der Waals surface area contributed by atoms with E-state index < -0.39 is 16.1 Å². The van der Waals surface area contributed by atoms with Gasteiger partial charge in [0.25, 0.3) is 0 Å². The van der Waals surface area contributed by atoms with Crippen molar-refractivity contribution in [2.24, 2.45) is 0 Å². The summed E-state index contributed by atoms with van der Waals surface area (Å²) in [6, 6.07) is 13.7. The number of ether oxygens (including phenoxy) is 1. The molecular weight excluding hydrogens is 395 g/mol. The minimum atomic E-state index is -3.89. The number of sulfonamides is 1. The van der Waals surface area contributed by atoms with Crippen molar-refractivity contribution in [1.29, 1.82) is 0 Å². The van der Waals surface area contributed by atoms with Crippen molar-refractivity contribution in [2.75, 3.05) is 32.8 Å². The Morgan fingerprint density at radius 1 is 1.00 bits per heavy atom. The van der Waals surface area contributed by atoms with Crippen LogP contribution < -0.4 is 4.72 Å². The number of nitrogens with zero attached hydrogens (tertiary/aromatic N) is 1. The molecule has 0 bridgehead atoms. The third-order valence-corrected chi connectivity index (χ3v) is 6.66. The Hall–Kier alpha value is -1.15. The molecule has 3 rings (SSSR count). The van der Waals surface area contributed by atoms with E-state index in [1.54, 1.807) is 6.07 Å². The van der Waals surface area contributed by atoms with Gasteiger partial charge in [0, 0.05) is 19.6 Å². The van der Waals surface area contributed by atoms with Gasteiger partial charge in [-0.25, -0.2) is 13.1 Å². The molecule has 1 atom stereocenters. The molecule has 0 unspecified atom stereocenters. The van der Waals surface area contributed by atoms with Crippen LogP contribution in [0.4, 0.5) is 0 Å². The molecule has 0 spiro atoms. The van der Waals surface area contributed by atoms with Crippen LogP contribution in [-0.4, -0.2) is 46.2 Å². The molecule has 0 amide bonds. The Bertz CT molecular complexity index is 821. The molecule has 0 aliphatic carbocycles. The zero-order valence-electron chi connectivity index (χ0n) is 14.1. The van der Waals surface area contributed by atoms with Crippen molar-refractivity contribution in [3.8, 4) is 0 Å². The minimum Gasteiger partial charge on any atom is -0.379 e. The molecular formula is C18H20Cl2N2O3S. The summed E-state index contributed by atoms with van der Waals surface area (Å²) in [6.07, 6.45) is 0. The van der Waals surface area contributed by atoms with E-state index in [4.69, 9.17) is 27.9 Å². The highest BCUT2D eigenvalue weighted by Gasteiger charge is 2.27. The summed E-state index contributed by atoms with van der Waals surface area (Å²) in [4.78, 5) is 2.09. The summed E-state index contributed by atoms with van der Waals surface area (Å²) in [5.41, 5.74) is 0.880. The number of hydrogen-bond acceptors (Lipinski definition) is 4. The van der Waals surface area contributed by atoms with Crippen LogP contribution in [0.3, 0.4) is 0 Å². The molecule has 2 aromatic rings. The first kappa shape index (κ1) is 19.6. The Morgan fingerprint density at radius 2 is 1.62 bits per heavy atom. The minimum absolute atomic E-state index is 0.0914. The summed E-state index contributed by atoms with van der Waals surface area (Å²) in [5.74, 6) is 0. The van der Waals surface area contributed by atoms with Gasteiger partial charge in [-0.2, -0.15) is 0 Å². The van der Waals surface area contributed by atoms with Crippen LogP contribution in [0, 0.1) is 0 Å². The zero-order chi connectivity index (χ0) is 18.6. The second-order valence-corrected chi connectivity index (χ2v) is 8.51. The fourth-order valence-corrected chi connectivity index (χ4v) is 5.28. The average molecular weight is 415 g/mol. The predicted octanol–water partition coefficient (Wildman–Crippen LogP) is 3.35. The molecule has 1 aliphatic heterocycles. The van der Waals surface area contributed by atoms with E-state index in [1.807, 2.05) is 30.3 Å². The smallest absolute Gasteiger partial charge is 0.244 e. The lowest BCUT2D eigenvalue weighted by Crippen LogP contribution is -2.43. The molecule has 8 heteroatoms. The number of nitrogens with one attached hydrogen (secondary N) is 1. The lowest BCUT2D eigenvalue weighted by molar-refractivity contribution is 0.0345. The van der Waals surface area contributed by atoms with Crippen LogP contribution in [0.2, 0.25) is 10.0 Å². The van der Waals surface area contributed by atoms with Gasteiger partial charge in [-0.15, -0.1) is 0 Å². The highest BCUT2D eigenvalue weighted by atomic mass is 35.5. The van der Waals surface area contributed by atoms with Gasteiger partial charge in [0.2, 0.25) is 10.0 Å². The molecule has 26 heavy (non-hydrogen) atoms. The fourth-order valence-electron chi connectivity index (χ4n) is 2.92. The summed E-state index contributed by atoms with van der Waals surface area (Å²) < 4.78 is 34.1. The fraction of sp³-hybridized carbons (Fsp3) is 0.333. The largest absolute Gasteiger partial charge is 0.379 e. The maximum absolute atomic E-state index is 13.0. The summed E-state index contributed by atoms with van der Waals surface area (Å²) >= 11 is 12.2. The highest BCUT2D eigenvalue weighted by molar-refractivity contribution is 7.89. The lowest BCUT2D eigenvalue weighted by atomic mass is 10.1. The number of morpholine rings is 1. The van der Waals surface area contributed by atoms with Gasteiger partial charge in [-0.3, -0.25) is 4.90 Å². The first-order valence-electron chi connectivity index (χ1n) is 8.29. The van der Waals surface area contributed by atoms with Crippen molar-refractivity contribution in [1.82, 2.24) is 9.62 Å². The molecule has 0 radical (unpaired) electrons. The van der Waals surface area contributed by atoms with Crippen LogP contribution >= 0.6 is 23.2 Å². The van der Waals surface area contributed by atoms with Crippen LogP contribution in [0.1, 0.15) is 11.6 Å². The van der Waals surface area contributed by atoms with E-state index >= 15 is 0 Å². The summed E-state index contributed by atoms with van der Waals surface area (Å²) in [5, 5.41) is 0.200. The molecule has 1 aliphatic rings. The molecule has 1 saturated heterocycles. The van der Waals surface area contributed by atoms with Crippen LogP contribution in [0.25, 0.3) is 0 Å². The normalized spacial score (nSPS) is 17.2. The summed E-state index contributed by atoms with van der Waals surface area (Å²) in [6.45, 7) is 3.35. The SMILES string of the molecule is O=S(=O)(N[C@H](CN1CCOCC1)c1ccccc1)c1c(Cl)cccc1Cl. The van der Waals surface area contributed by atoms with Gasteiger partial charge in [0.1, 0.15) is 4.90 Å². The third kappa shape index (κ3) is 4.76. The van der Waals surface area contributed by atoms with E-state index in [9.17, 15) is 8.42 Å². The van der Waals surface area contributed by atoms with E-state index in [2.05, 4.69) is 9.62 Å². The Balaban J connectivity index is 1.89. The number of hydrogen-bond donors (Lipinski definition) is 1. The maximum atomic E-state index is 13.0. The molecule has 2 aromatic carbocycles. The molecule has 140 valence electrons. The topological polar surface area (TPSA) is 58.6 Å². The molecule has 0 saturated carbocycles. The van der Waals surface area contributed by atoms with E-state index in [1.165, 1.54) is 12.1 Å². The number of benzene rings is 2. The zero-order valence-corrected chi connectivity index (χ0v) is 16.4. The van der Waals surface area contributed by atoms with Gasteiger partial charge >= 0.3 is 0 Å². The van der Waals surface area contributed by atoms with Gasteiger partial charge in [-0.1, -0.05) is 59.6 Å². The van der Waals surface area contributed by atoms with Crippen molar-refractivity contribution < 1.29 is 13.2 Å². The maximum Gasteiger partial charge on any atom is 0.244 e. The quantitative estimate of drug-likeness (QED) is 0.786. The molecule has 1 N–H and O–H groups in total. The first-order valence-corrected chi connectivity index (χ1v) is 10.5. The van der Waals surface area contributed by atoms with Crippen LogP contribution in [0.15, 0.2) is 53.4 Å². The second-order valence-electron chi connectivity index (χ2n) is 6.05. The molecule has 0 aromatic heterocycles. The Kier molecular flexibility index (Phi) is 6.55. The Morgan fingerprint density at radius 3 is 2.23 bits per heavy atom. The van der Waals surface area contributed by atoms with Crippen LogP contribution in [-0.2, 0) is 14.8 Å². The monoisotopic (exact) mass is 414 g/mol. The molecule has 5 nitrogen and oxygen atoms in total. The average Bonchev–Trinajstić information content (AvgIpc) is 2.62. The molecule has 1 heterocycles. The van der Waals surface area contributed by atoms with Gasteiger partial charge in [0.15, 0.2) is 0 Å². The first-order chi connectivity index (χ1) is 12.5. The summed E-state index contributed by atoms with van der Waals surface area (Å²) in [7, 11) is -3.89. The number of halogens is 2. The van der Waals surface area contributed by atoms with E-state index in [0.717, 1.165) is 18.7 Å². The predicted molar refractivity (Wildman–Crippen MR) is 103 cm³/mol. The van der Waals surface area contributed by atoms with Crippen molar-refractivity contribution in [2.45, 2.75) is 10.9 Å². The Labute approximate surface area is 163 Å². The number of rotatable bonds is 6. The van der Waals surface area contributed by atoms with Crippen molar-refractivity contribution in [3.63, 3.8) is 0 Å². The van der Waals surface area contributed by atoms with Crippen molar-refractivity contribution >= 4 is 33.2 Å².